The lowest BCUT2D eigenvalue weighted by molar-refractivity contribution is 0.174. The molecule has 126 valence electrons. The van der Waals surface area contributed by atoms with Crippen molar-refractivity contribution < 1.29 is 13.9 Å². The molecule has 0 radical (unpaired) electrons. The highest BCUT2D eigenvalue weighted by molar-refractivity contribution is 14.0. The quantitative estimate of drug-likeness (QED) is 0.648. The molecule has 0 fully saturated rings. The summed E-state index contributed by atoms with van der Waals surface area (Å²) in [6.45, 7) is 1.29. The van der Waals surface area contributed by atoms with Gasteiger partial charge in [-0.3, -0.25) is 4.90 Å². The third-order valence-electron chi connectivity index (χ3n) is 4.50. The van der Waals surface area contributed by atoms with Gasteiger partial charge >= 0.3 is 0 Å². The van der Waals surface area contributed by atoms with Gasteiger partial charge in [0.1, 0.15) is 5.82 Å². The largest absolute Gasteiger partial charge is 0.454 e. The van der Waals surface area contributed by atoms with E-state index in [1.165, 1.54) is 23.3 Å². The minimum atomic E-state index is -0.213. The van der Waals surface area contributed by atoms with E-state index >= 15 is 0 Å². The fourth-order valence-corrected chi connectivity index (χ4v) is 3.19. The van der Waals surface area contributed by atoms with Crippen molar-refractivity contribution in [1.29, 1.82) is 0 Å². The predicted octanol–water partition coefficient (Wildman–Crippen LogP) is 4.41. The molecule has 2 aliphatic rings. The number of likely N-dealkylation sites (N-methyl/N-ethyl adjacent to an activating group) is 1. The smallest absolute Gasteiger partial charge is 0.231 e. The van der Waals surface area contributed by atoms with Crippen LogP contribution in [-0.4, -0.2) is 25.3 Å². The van der Waals surface area contributed by atoms with Gasteiger partial charge in [0.25, 0.3) is 0 Å². The molecule has 0 aromatic heterocycles. The highest BCUT2D eigenvalue weighted by Crippen LogP contribution is 2.40. The molecule has 5 heteroatoms. The summed E-state index contributed by atoms with van der Waals surface area (Å²) in [6, 6.07) is 10.9. The number of rotatable bonds is 2. The van der Waals surface area contributed by atoms with Crippen molar-refractivity contribution in [1.82, 2.24) is 4.90 Å². The van der Waals surface area contributed by atoms with Crippen LogP contribution in [0.15, 0.2) is 42.5 Å². The Labute approximate surface area is 158 Å². The molecule has 0 aliphatic carbocycles. The van der Waals surface area contributed by atoms with E-state index < -0.39 is 0 Å². The Balaban J connectivity index is 0.00000169. The zero-order valence-electron chi connectivity index (χ0n) is 13.4. The van der Waals surface area contributed by atoms with Gasteiger partial charge in [-0.15, -0.1) is 24.0 Å². The Kier molecular flexibility index (Phi) is 5.10. The lowest BCUT2D eigenvalue weighted by atomic mass is 9.91. The average Bonchev–Trinajstić information content (AvgIpc) is 3.01. The Hall–Kier alpha value is -1.60. The van der Waals surface area contributed by atoms with Crippen LogP contribution in [0.3, 0.4) is 0 Å². The first-order valence-electron chi connectivity index (χ1n) is 7.77. The Morgan fingerprint density at radius 1 is 1.12 bits per heavy atom. The van der Waals surface area contributed by atoms with Crippen LogP contribution in [0, 0.1) is 5.82 Å². The second-order valence-corrected chi connectivity index (χ2v) is 5.99. The molecule has 2 aromatic rings. The van der Waals surface area contributed by atoms with Crippen molar-refractivity contribution in [3.63, 3.8) is 0 Å². The molecule has 0 amide bonds. The van der Waals surface area contributed by atoms with E-state index in [4.69, 9.17) is 9.47 Å². The summed E-state index contributed by atoms with van der Waals surface area (Å²) in [6.07, 6.45) is 5.21. The van der Waals surface area contributed by atoms with Crippen molar-refractivity contribution in [2.75, 3.05) is 20.4 Å². The number of fused-ring (bicyclic) bond motifs is 2. The van der Waals surface area contributed by atoms with E-state index in [0.717, 1.165) is 30.0 Å². The number of halogens is 2. The molecule has 2 heterocycles. The predicted molar refractivity (Wildman–Crippen MR) is 102 cm³/mol. The first-order chi connectivity index (χ1) is 11.2. The first-order valence-corrected chi connectivity index (χ1v) is 7.77. The molecule has 0 saturated carbocycles. The summed E-state index contributed by atoms with van der Waals surface area (Å²) >= 11 is 0. The number of benzene rings is 2. The van der Waals surface area contributed by atoms with Crippen LogP contribution < -0.4 is 9.47 Å². The lowest BCUT2D eigenvalue weighted by Gasteiger charge is -2.33. The summed E-state index contributed by atoms with van der Waals surface area (Å²) in [7, 11) is 2.12. The van der Waals surface area contributed by atoms with Gasteiger partial charge in [0.15, 0.2) is 11.5 Å². The minimum Gasteiger partial charge on any atom is -0.454 e. The van der Waals surface area contributed by atoms with Gasteiger partial charge in [-0.25, -0.2) is 4.39 Å². The van der Waals surface area contributed by atoms with E-state index in [1.54, 1.807) is 12.1 Å². The van der Waals surface area contributed by atoms with Crippen LogP contribution in [0.4, 0.5) is 4.39 Å². The molecule has 1 atom stereocenters. The average molecular weight is 439 g/mol. The summed E-state index contributed by atoms with van der Waals surface area (Å²) in [5.74, 6) is 1.45. The normalized spacial score (nSPS) is 19.2. The standard InChI is InChI=1S/C19H18FNO2.HI/c1-21-9-8-14-10-18-19(23-12-22-18)11-16(14)17(21)7-4-13-2-5-15(20)6-3-13;/h2-7,10-11,17H,8-9,12H2,1H3;1H. The summed E-state index contributed by atoms with van der Waals surface area (Å²) in [5, 5.41) is 0. The summed E-state index contributed by atoms with van der Waals surface area (Å²) in [5.41, 5.74) is 3.55. The highest BCUT2D eigenvalue weighted by atomic mass is 127. The van der Waals surface area contributed by atoms with E-state index in [-0.39, 0.29) is 35.8 Å². The van der Waals surface area contributed by atoms with E-state index in [2.05, 4.69) is 30.2 Å². The van der Waals surface area contributed by atoms with Gasteiger partial charge in [0.05, 0.1) is 6.04 Å². The Morgan fingerprint density at radius 3 is 2.58 bits per heavy atom. The molecule has 4 rings (SSSR count). The van der Waals surface area contributed by atoms with Crippen LogP contribution in [-0.2, 0) is 6.42 Å². The molecule has 24 heavy (non-hydrogen) atoms. The number of ether oxygens (including phenoxy) is 2. The van der Waals surface area contributed by atoms with Crippen LogP contribution in [0.1, 0.15) is 22.7 Å². The third-order valence-corrected chi connectivity index (χ3v) is 4.50. The SMILES string of the molecule is CN1CCc2cc3c(cc2C1C=Cc1ccc(F)cc1)OCO3.I. The molecule has 0 saturated heterocycles. The van der Waals surface area contributed by atoms with Gasteiger partial charge in [0, 0.05) is 6.54 Å². The van der Waals surface area contributed by atoms with Crippen LogP contribution >= 0.6 is 24.0 Å². The van der Waals surface area contributed by atoms with Crippen molar-refractivity contribution in [2.24, 2.45) is 0 Å². The van der Waals surface area contributed by atoms with Gasteiger partial charge in [-0.05, 0) is 54.4 Å². The fraction of sp³-hybridized carbons (Fsp3) is 0.263. The van der Waals surface area contributed by atoms with Gasteiger partial charge in [-0.1, -0.05) is 24.3 Å². The summed E-state index contributed by atoms with van der Waals surface area (Å²) in [4.78, 5) is 2.31. The molecule has 0 spiro atoms. The number of hydrogen-bond donors (Lipinski definition) is 0. The highest BCUT2D eigenvalue weighted by Gasteiger charge is 2.26. The van der Waals surface area contributed by atoms with Crippen LogP contribution in [0.25, 0.3) is 6.08 Å². The minimum absolute atomic E-state index is 0. The lowest BCUT2D eigenvalue weighted by Crippen LogP contribution is -2.30. The van der Waals surface area contributed by atoms with Gasteiger partial charge in [-0.2, -0.15) is 0 Å². The van der Waals surface area contributed by atoms with E-state index in [9.17, 15) is 4.39 Å². The third kappa shape index (κ3) is 3.28. The molecule has 0 N–H and O–H groups in total. The van der Waals surface area contributed by atoms with Gasteiger partial charge in [0.2, 0.25) is 6.79 Å². The molecular formula is C19H19FINO2. The van der Waals surface area contributed by atoms with E-state index in [1.807, 2.05) is 6.08 Å². The van der Waals surface area contributed by atoms with Gasteiger partial charge < -0.3 is 9.47 Å². The van der Waals surface area contributed by atoms with Crippen LogP contribution in [0.5, 0.6) is 11.5 Å². The van der Waals surface area contributed by atoms with Crippen molar-refractivity contribution in [3.8, 4) is 11.5 Å². The van der Waals surface area contributed by atoms with Crippen molar-refractivity contribution in [2.45, 2.75) is 12.5 Å². The Bertz CT molecular complexity index is 761. The monoisotopic (exact) mass is 439 g/mol. The number of nitrogens with zero attached hydrogens (tertiary/aromatic N) is 1. The Morgan fingerprint density at radius 2 is 1.83 bits per heavy atom. The maximum Gasteiger partial charge on any atom is 0.231 e. The first kappa shape index (κ1) is 17.2. The zero-order chi connectivity index (χ0) is 15.8. The van der Waals surface area contributed by atoms with Crippen molar-refractivity contribution >= 4 is 30.1 Å². The maximum absolute atomic E-state index is 13.0. The maximum atomic E-state index is 13.0. The number of hydrogen-bond acceptors (Lipinski definition) is 3. The topological polar surface area (TPSA) is 21.7 Å². The summed E-state index contributed by atoms with van der Waals surface area (Å²) < 4.78 is 24.0. The molecule has 1 unspecified atom stereocenters. The molecular weight excluding hydrogens is 420 g/mol. The molecule has 2 aliphatic heterocycles. The molecule has 3 nitrogen and oxygen atoms in total. The fourth-order valence-electron chi connectivity index (χ4n) is 3.19. The van der Waals surface area contributed by atoms with E-state index in [0.29, 0.717) is 6.79 Å². The zero-order valence-corrected chi connectivity index (χ0v) is 15.7. The second-order valence-electron chi connectivity index (χ2n) is 5.99. The molecule has 0 bridgehead atoms. The van der Waals surface area contributed by atoms with Crippen LogP contribution in [0.2, 0.25) is 0 Å². The van der Waals surface area contributed by atoms with Crippen molar-refractivity contribution in [3.05, 3.63) is 65.0 Å². The molecule has 2 aromatic carbocycles. The second kappa shape index (κ2) is 7.11.